The fourth-order valence-corrected chi connectivity index (χ4v) is 3.08. The standard InChI is InChI=1S/C19H12BF4N3O2S/c20-16-6-5-15(29-19(22,23)24)7-11(16)10-30-18-25-8-12(9-26-18)17(28)27-14-3-1-13(21)2-4-14/h1-9H,10H2,(H,27,28). The maximum Gasteiger partial charge on any atom is 0.573 e. The molecule has 0 unspecified atom stereocenters. The second kappa shape index (κ2) is 9.16. The fourth-order valence-electron chi connectivity index (χ4n) is 2.29. The van der Waals surface area contributed by atoms with Gasteiger partial charge in [0.1, 0.15) is 19.4 Å². The number of halogens is 4. The molecule has 1 heterocycles. The van der Waals surface area contributed by atoms with E-state index in [-0.39, 0.29) is 17.1 Å². The van der Waals surface area contributed by atoms with Crippen molar-refractivity contribution >= 4 is 36.7 Å². The van der Waals surface area contributed by atoms with E-state index in [1.54, 1.807) is 0 Å². The average molecular weight is 433 g/mol. The van der Waals surface area contributed by atoms with E-state index in [0.29, 0.717) is 21.9 Å². The number of alkyl halides is 3. The summed E-state index contributed by atoms with van der Waals surface area (Å²) >= 11 is 1.13. The van der Waals surface area contributed by atoms with Gasteiger partial charge in [-0.25, -0.2) is 14.4 Å². The molecule has 5 nitrogen and oxygen atoms in total. The summed E-state index contributed by atoms with van der Waals surface area (Å²) in [5, 5.41) is 2.88. The molecule has 0 atom stereocenters. The Bertz CT molecular complexity index is 1030. The van der Waals surface area contributed by atoms with Crippen LogP contribution in [-0.4, -0.2) is 30.1 Å². The Labute approximate surface area is 174 Å². The minimum Gasteiger partial charge on any atom is -0.406 e. The van der Waals surface area contributed by atoms with Gasteiger partial charge in [0, 0.05) is 23.8 Å². The van der Waals surface area contributed by atoms with Gasteiger partial charge in [0.25, 0.3) is 5.91 Å². The van der Waals surface area contributed by atoms with Gasteiger partial charge in [0.15, 0.2) is 5.16 Å². The molecular formula is C19H12BF4N3O2S. The van der Waals surface area contributed by atoms with E-state index in [1.807, 2.05) is 0 Å². The molecule has 152 valence electrons. The lowest BCUT2D eigenvalue weighted by Crippen LogP contribution is -2.18. The molecule has 1 N–H and O–H groups in total. The summed E-state index contributed by atoms with van der Waals surface area (Å²) in [4.78, 5) is 20.3. The van der Waals surface area contributed by atoms with Crippen LogP contribution in [0.4, 0.5) is 23.2 Å². The Morgan fingerprint density at radius 3 is 2.40 bits per heavy atom. The lowest BCUT2D eigenvalue weighted by atomic mass is 9.91. The highest BCUT2D eigenvalue weighted by Crippen LogP contribution is 2.25. The number of aromatic nitrogens is 2. The van der Waals surface area contributed by atoms with Crippen LogP contribution in [0, 0.1) is 5.82 Å². The molecule has 0 aliphatic rings. The summed E-state index contributed by atoms with van der Waals surface area (Å²) in [5.74, 6) is -1.07. The van der Waals surface area contributed by atoms with Crippen LogP contribution >= 0.6 is 11.8 Å². The summed E-state index contributed by atoms with van der Waals surface area (Å²) in [7, 11) is 5.80. The molecule has 0 spiro atoms. The van der Waals surface area contributed by atoms with Crippen LogP contribution in [-0.2, 0) is 5.75 Å². The smallest absolute Gasteiger partial charge is 0.406 e. The van der Waals surface area contributed by atoms with Crippen molar-refractivity contribution in [2.75, 3.05) is 5.32 Å². The number of thioether (sulfide) groups is 1. The maximum atomic E-state index is 12.9. The first-order valence-corrected chi connectivity index (χ1v) is 9.34. The Kier molecular flexibility index (Phi) is 6.61. The number of carbonyl (C=O) groups is 1. The zero-order valence-corrected chi connectivity index (χ0v) is 15.9. The topological polar surface area (TPSA) is 64.1 Å². The van der Waals surface area contributed by atoms with Crippen molar-refractivity contribution in [3.8, 4) is 5.75 Å². The SMILES string of the molecule is [B]c1ccc(OC(F)(F)F)cc1CSc1ncc(C(=O)Nc2ccc(F)cc2)cn1. The van der Waals surface area contributed by atoms with Crippen LogP contribution in [0.2, 0.25) is 0 Å². The summed E-state index contributed by atoms with van der Waals surface area (Å²) in [6, 6.07) is 8.90. The van der Waals surface area contributed by atoms with Crippen molar-refractivity contribution in [1.29, 1.82) is 0 Å². The summed E-state index contributed by atoms with van der Waals surface area (Å²) in [5.41, 5.74) is 1.32. The lowest BCUT2D eigenvalue weighted by molar-refractivity contribution is -0.274. The molecule has 2 radical (unpaired) electrons. The van der Waals surface area contributed by atoms with Crippen molar-refractivity contribution in [2.45, 2.75) is 17.3 Å². The van der Waals surface area contributed by atoms with Gasteiger partial charge in [-0.05, 0) is 42.0 Å². The van der Waals surface area contributed by atoms with Gasteiger partial charge >= 0.3 is 6.36 Å². The first-order valence-electron chi connectivity index (χ1n) is 8.35. The third-order valence-corrected chi connectivity index (χ3v) is 4.62. The number of amides is 1. The molecule has 0 saturated carbocycles. The van der Waals surface area contributed by atoms with E-state index >= 15 is 0 Å². The van der Waals surface area contributed by atoms with E-state index in [9.17, 15) is 22.4 Å². The van der Waals surface area contributed by atoms with Gasteiger partial charge in [-0.15, -0.1) is 13.2 Å². The van der Waals surface area contributed by atoms with Crippen LogP contribution < -0.4 is 15.5 Å². The third-order valence-electron chi connectivity index (χ3n) is 3.70. The number of nitrogens with one attached hydrogen (secondary N) is 1. The molecule has 1 aromatic heterocycles. The van der Waals surface area contributed by atoms with Gasteiger partial charge < -0.3 is 10.1 Å². The number of nitrogens with zero attached hydrogens (tertiary/aromatic N) is 2. The molecule has 2 aromatic carbocycles. The van der Waals surface area contributed by atoms with Crippen molar-refractivity contribution in [1.82, 2.24) is 9.97 Å². The van der Waals surface area contributed by atoms with Crippen LogP contribution in [0.3, 0.4) is 0 Å². The molecule has 0 saturated heterocycles. The van der Waals surface area contributed by atoms with Gasteiger partial charge in [-0.1, -0.05) is 23.3 Å². The molecule has 1 amide bonds. The number of hydrogen-bond donors (Lipinski definition) is 1. The molecular weight excluding hydrogens is 421 g/mol. The number of rotatable bonds is 6. The van der Waals surface area contributed by atoms with Crippen molar-refractivity contribution in [3.63, 3.8) is 0 Å². The molecule has 3 rings (SSSR count). The number of anilines is 1. The maximum absolute atomic E-state index is 12.9. The zero-order valence-electron chi connectivity index (χ0n) is 15.1. The predicted octanol–water partition coefficient (Wildman–Crippen LogP) is 3.85. The number of carbonyl (C=O) groups excluding carboxylic acids is 1. The number of benzene rings is 2. The highest BCUT2D eigenvalue weighted by Gasteiger charge is 2.31. The van der Waals surface area contributed by atoms with Crippen LogP contribution in [0.15, 0.2) is 60.0 Å². The average Bonchev–Trinajstić information content (AvgIpc) is 2.69. The minimum absolute atomic E-state index is 0.184. The molecule has 3 aromatic rings. The van der Waals surface area contributed by atoms with Crippen molar-refractivity contribution in [3.05, 3.63) is 71.8 Å². The summed E-state index contributed by atoms with van der Waals surface area (Å²) < 4.78 is 53.9. The quantitative estimate of drug-likeness (QED) is 0.277. The van der Waals surface area contributed by atoms with E-state index in [2.05, 4.69) is 20.0 Å². The highest BCUT2D eigenvalue weighted by molar-refractivity contribution is 7.98. The van der Waals surface area contributed by atoms with E-state index in [4.69, 9.17) is 7.85 Å². The predicted molar refractivity (Wildman–Crippen MR) is 104 cm³/mol. The second-order valence-electron chi connectivity index (χ2n) is 5.91. The van der Waals surface area contributed by atoms with Gasteiger partial charge in [-0.3, -0.25) is 4.79 Å². The monoisotopic (exact) mass is 433 g/mol. The fraction of sp³-hybridized carbons (Fsp3) is 0.105. The molecule has 11 heteroatoms. The van der Waals surface area contributed by atoms with Crippen LogP contribution in [0.1, 0.15) is 15.9 Å². The van der Waals surface area contributed by atoms with Crippen LogP contribution in [0.25, 0.3) is 0 Å². The van der Waals surface area contributed by atoms with E-state index < -0.39 is 18.1 Å². The molecule has 0 aliphatic heterocycles. The molecule has 0 bridgehead atoms. The number of hydrogen-bond acceptors (Lipinski definition) is 5. The Balaban J connectivity index is 1.61. The largest absolute Gasteiger partial charge is 0.573 e. The molecule has 0 fully saturated rings. The van der Waals surface area contributed by atoms with E-state index in [1.165, 1.54) is 48.8 Å². The first kappa shape index (κ1) is 21.6. The van der Waals surface area contributed by atoms with Crippen LogP contribution in [0.5, 0.6) is 5.75 Å². The van der Waals surface area contributed by atoms with Crippen molar-refractivity contribution in [2.24, 2.45) is 0 Å². The summed E-state index contributed by atoms with van der Waals surface area (Å²) in [6.07, 6.45) is -2.19. The first-order chi connectivity index (χ1) is 14.2. The lowest BCUT2D eigenvalue weighted by Gasteiger charge is -2.12. The normalized spacial score (nSPS) is 11.2. The molecule has 30 heavy (non-hydrogen) atoms. The van der Waals surface area contributed by atoms with E-state index in [0.717, 1.165) is 17.8 Å². The Morgan fingerprint density at radius 2 is 1.77 bits per heavy atom. The van der Waals surface area contributed by atoms with Crippen molar-refractivity contribution < 1.29 is 27.1 Å². The highest BCUT2D eigenvalue weighted by atomic mass is 32.2. The summed E-state index contributed by atoms with van der Waals surface area (Å²) in [6.45, 7) is 0. The second-order valence-corrected chi connectivity index (χ2v) is 6.85. The van der Waals surface area contributed by atoms with Gasteiger partial charge in [0.2, 0.25) is 0 Å². The Morgan fingerprint density at radius 1 is 1.10 bits per heavy atom. The van der Waals surface area contributed by atoms with Gasteiger partial charge in [-0.2, -0.15) is 0 Å². The van der Waals surface area contributed by atoms with Gasteiger partial charge in [0.05, 0.1) is 5.56 Å². The third kappa shape index (κ3) is 6.21. The molecule has 0 aliphatic carbocycles. The number of ether oxygens (including phenoxy) is 1. The Hall–Kier alpha value is -3.08. The minimum atomic E-state index is -4.80. The zero-order chi connectivity index (χ0) is 21.7.